The Morgan fingerprint density at radius 1 is 0.971 bits per heavy atom. The minimum Gasteiger partial charge on any atom is -0.355 e. The number of hydrogen-bond donors (Lipinski definition) is 4. The molecule has 1 saturated heterocycles. The summed E-state index contributed by atoms with van der Waals surface area (Å²) in [5.41, 5.74) is 0.00499. The molecule has 2 amide bonds. The maximum absolute atomic E-state index is 14.1. The lowest BCUT2D eigenvalue weighted by Gasteiger charge is -2.20. The predicted molar refractivity (Wildman–Crippen MR) is 121 cm³/mol. The molecule has 0 bridgehead atoms. The lowest BCUT2D eigenvalue weighted by molar-refractivity contribution is -0.137. The highest BCUT2D eigenvalue weighted by Crippen LogP contribution is 2.46. The average molecular weight is 471 g/mol. The Labute approximate surface area is 194 Å². The van der Waals surface area contributed by atoms with Crippen LogP contribution < -0.4 is 21.3 Å². The Morgan fingerprint density at radius 3 is 2.35 bits per heavy atom. The van der Waals surface area contributed by atoms with E-state index < -0.39 is 29.1 Å². The number of rotatable bonds is 6. The fourth-order valence-electron chi connectivity index (χ4n) is 4.00. The second-order valence-corrected chi connectivity index (χ2v) is 8.79. The number of hydrogen-bond acceptors (Lipinski definition) is 3. The second kappa shape index (κ2) is 8.66. The van der Waals surface area contributed by atoms with Crippen molar-refractivity contribution in [2.45, 2.75) is 43.8 Å². The lowest BCUT2D eigenvalue weighted by Crippen LogP contribution is -2.28. The van der Waals surface area contributed by atoms with Gasteiger partial charge < -0.3 is 21.3 Å². The van der Waals surface area contributed by atoms with E-state index in [0.29, 0.717) is 30.3 Å². The number of amides is 2. The molecule has 4 N–H and O–H groups in total. The third-order valence-corrected chi connectivity index (χ3v) is 6.01. The molecule has 10 heteroatoms. The Hall–Kier alpha value is -3.56. The highest BCUT2D eigenvalue weighted by atomic mass is 19.4. The summed E-state index contributed by atoms with van der Waals surface area (Å²) in [5.74, 6) is -0.590. The molecule has 0 atom stereocenters. The van der Waals surface area contributed by atoms with Gasteiger partial charge in [0, 0.05) is 30.4 Å². The number of halogens is 3. The first kappa shape index (κ1) is 22.2. The first-order valence-corrected chi connectivity index (χ1v) is 11.3. The molecule has 2 aliphatic carbocycles. The van der Waals surface area contributed by atoms with Gasteiger partial charge in [-0.15, -0.1) is 0 Å². The summed E-state index contributed by atoms with van der Waals surface area (Å²) < 4.78 is 42.2. The van der Waals surface area contributed by atoms with Gasteiger partial charge in [-0.1, -0.05) is 6.07 Å². The Kier molecular flexibility index (Phi) is 5.66. The maximum Gasteiger partial charge on any atom is 0.419 e. The molecule has 7 nitrogen and oxygen atoms in total. The van der Waals surface area contributed by atoms with E-state index >= 15 is 0 Å². The third kappa shape index (κ3) is 4.85. The summed E-state index contributed by atoms with van der Waals surface area (Å²) in [7, 11) is 0. The number of guanidine groups is 1. The van der Waals surface area contributed by atoms with Crippen molar-refractivity contribution < 1.29 is 22.8 Å². The Morgan fingerprint density at radius 2 is 1.71 bits per heavy atom. The van der Waals surface area contributed by atoms with Crippen molar-refractivity contribution in [1.29, 1.82) is 0 Å². The average Bonchev–Trinajstić information content (AvgIpc) is 3.73. The van der Waals surface area contributed by atoms with Crippen molar-refractivity contribution in [2.24, 2.45) is 4.99 Å². The predicted octanol–water partition coefficient (Wildman–Crippen LogP) is 3.91. The zero-order valence-corrected chi connectivity index (χ0v) is 18.3. The van der Waals surface area contributed by atoms with Gasteiger partial charge >= 0.3 is 6.18 Å². The monoisotopic (exact) mass is 471 g/mol. The standard InChI is InChI=1S/C24H24F3N5O2/c25-24(26,27)20-16(22(34)30-15-7-8-15)2-1-3-19(20)31-18-9-6-14(12-17(18)13-4-5-13)21(33)32-23-28-10-11-29-23/h1-3,6,9,12-13,15,31H,4-5,7-8,10-11H2,(H,30,34)(H2,28,29,32,33). The highest BCUT2D eigenvalue weighted by molar-refractivity contribution is 6.03. The smallest absolute Gasteiger partial charge is 0.355 e. The molecule has 0 aromatic heterocycles. The number of nitrogens with zero attached hydrogens (tertiary/aromatic N) is 1. The number of carbonyl (C=O) groups is 2. The first-order chi connectivity index (χ1) is 16.3. The molecule has 1 heterocycles. The van der Waals surface area contributed by atoms with Gasteiger partial charge in [-0.05, 0) is 67.5 Å². The van der Waals surface area contributed by atoms with Crippen molar-refractivity contribution in [1.82, 2.24) is 16.0 Å². The molecule has 0 spiro atoms. The van der Waals surface area contributed by atoms with E-state index in [-0.39, 0.29) is 17.6 Å². The van der Waals surface area contributed by atoms with Crippen molar-refractivity contribution in [3.63, 3.8) is 0 Å². The van der Waals surface area contributed by atoms with Crippen LogP contribution in [0.4, 0.5) is 24.5 Å². The molecule has 0 radical (unpaired) electrons. The van der Waals surface area contributed by atoms with Crippen LogP contribution in [-0.4, -0.2) is 36.9 Å². The van der Waals surface area contributed by atoms with Crippen LogP contribution >= 0.6 is 0 Å². The molecule has 3 aliphatic rings. The zero-order valence-electron chi connectivity index (χ0n) is 18.3. The molecule has 3 fully saturated rings. The molecule has 0 unspecified atom stereocenters. The third-order valence-electron chi connectivity index (χ3n) is 6.01. The van der Waals surface area contributed by atoms with Gasteiger partial charge in [0.15, 0.2) is 5.96 Å². The van der Waals surface area contributed by atoms with Crippen LogP contribution in [0.15, 0.2) is 41.4 Å². The van der Waals surface area contributed by atoms with Gasteiger partial charge in [0.05, 0.1) is 16.8 Å². The molecule has 1 aliphatic heterocycles. The van der Waals surface area contributed by atoms with Gasteiger partial charge in [0.25, 0.3) is 11.8 Å². The van der Waals surface area contributed by atoms with Crippen molar-refractivity contribution in [3.05, 3.63) is 58.7 Å². The van der Waals surface area contributed by atoms with Crippen LogP contribution in [0, 0.1) is 0 Å². The normalized spacial score (nSPS) is 17.6. The SMILES string of the molecule is O=C(N=C1NCCN1)c1ccc(Nc2cccc(C(=O)NC3CC3)c2C(F)(F)F)c(C2CC2)c1. The van der Waals surface area contributed by atoms with E-state index in [2.05, 4.69) is 26.3 Å². The number of aliphatic imine (C=N–C) groups is 1. The summed E-state index contributed by atoms with van der Waals surface area (Å²) in [6.07, 6.45) is -1.40. The first-order valence-electron chi connectivity index (χ1n) is 11.3. The largest absolute Gasteiger partial charge is 0.419 e. The second-order valence-electron chi connectivity index (χ2n) is 8.79. The molecule has 2 saturated carbocycles. The maximum atomic E-state index is 14.1. The fourth-order valence-corrected chi connectivity index (χ4v) is 4.00. The van der Waals surface area contributed by atoms with Crippen molar-refractivity contribution in [2.75, 3.05) is 18.4 Å². The van der Waals surface area contributed by atoms with Gasteiger partial charge in [0.1, 0.15) is 0 Å². The van der Waals surface area contributed by atoms with Gasteiger partial charge in [-0.2, -0.15) is 18.2 Å². The number of anilines is 2. The minimum absolute atomic E-state index is 0.0602. The lowest BCUT2D eigenvalue weighted by atomic mass is 10.0. The molecular formula is C24H24F3N5O2. The van der Waals surface area contributed by atoms with E-state index in [1.165, 1.54) is 18.2 Å². The molecule has 5 rings (SSSR count). The summed E-state index contributed by atoms with van der Waals surface area (Å²) in [6, 6.07) is 8.73. The molecule has 34 heavy (non-hydrogen) atoms. The number of benzene rings is 2. The van der Waals surface area contributed by atoms with E-state index in [0.717, 1.165) is 31.2 Å². The van der Waals surface area contributed by atoms with Crippen LogP contribution in [0.25, 0.3) is 0 Å². The van der Waals surface area contributed by atoms with Gasteiger partial charge in [-0.3, -0.25) is 9.59 Å². The summed E-state index contributed by atoms with van der Waals surface area (Å²) >= 11 is 0. The van der Waals surface area contributed by atoms with E-state index in [9.17, 15) is 22.8 Å². The molecule has 2 aromatic rings. The van der Waals surface area contributed by atoms with Crippen LogP contribution in [0.1, 0.15) is 63.4 Å². The van der Waals surface area contributed by atoms with Crippen LogP contribution in [0.3, 0.4) is 0 Å². The van der Waals surface area contributed by atoms with E-state index in [4.69, 9.17) is 0 Å². The molecule has 178 valence electrons. The van der Waals surface area contributed by atoms with E-state index in [1.807, 2.05) is 0 Å². The van der Waals surface area contributed by atoms with E-state index in [1.54, 1.807) is 18.2 Å². The zero-order chi connectivity index (χ0) is 23.9. The van der Waals surface area contributed by atoms with Gasteiger partial charge in [-0.25, -0.2) is 0 Å². The molecular weight excluding hydrogens is 447 g/mol. The number of nitrogens with one attached hydrogen (secondary N) is 4. The van der Waals surface area contributed by atoms with Crippen LogP contribution in [0.2, 0.25) is 0 Å². The van der Waals surface area contributed by atoms with Crippen LogP contribution in [0.5, 0.6) is 0 Å². The number of alkyl halides is 3. The fraction of sp³-hybridized carbons (Fsp3) is 0.375. The number of carbonyl (C=O) groups excluding carboxylic acids is 2. The van der Waals surface area contributed by atoms with Crippen LogP contribution in [-0.2, 0) is 6.18 Å². The van der Waals surface area contributed by atoms with Crippen molar-refractivity contribution in [3.8, 4) is 0 Å². The Balaban J connectivity index is 1.47. The summed E-state index contributed by atoms with van der Waals surface area (Å²) in [4.78, 5) is 29.1. The summed E-state index contributed by atoms with van der Waals surface area (Å²) in [6.45, 7) is 1.36. The highest BCUT2D eigenvalue weighted by Gasteiger charge is 2.39. The van der Waals surface area contributed by atoms with Crippen molar-refractivity contribution >= 4 is 29.1 Å². The Bertz CT molecular complexity index is 1160. The quantitative estimate of drug-likeness (QED) is 0.513. The molecule has 2 aromatic carbocycles. The summed E-state index contributed by atoms with van der Waals surface area (Å²) in [5, 5.41) is 11.5. The topological polar surface area (TPSA) is 94.6 Å². The van der Waals surface area contributed by atoms with Gasteiger partial charge in [0.2, 0.25) is 0 Å². The minimum atomic E-state index is -4.73.